The van der Waals surface area contributed by atoms with Gasteiger partial charge in [-0.05, 0) is 89.2 Å². The van der Waals surface area contributed by atoms with Crippen molar-refractivity contribution in [1.29, 1.82) is 0 Å². The van der Waals surface area contributed by atoms with Gasteiger partial charge in [-0.3, -0.25) is 9.78 Å². The van der Waals surface area contributed by atoms with E-state index in [4.69, 9.17) is 9.26 Å². The Bertz CT molecular complexity index is 1720. The van der Waals surface area contributed by atoms with Gasteiger partial charge in [0.25, 0.3) is 5.91 Å². The number of ether oxygens (including phenoxy) is 1. The molecule has 2 N–H and O–H groups in total. The van der Waals surface area contributed by atoms with Crippen LogP contribution in [0.3, 0.4) is 0 Å². The second kappa shape index (κ2) is 12.1. The number of aryl methyl sites for hydroxylation is 1. The number of hydrogen-bond donors (Lipinski definition) is 2. The van der Waals surface area contributed by atoms with Gasteiger partial charge in [0.05, 0.1) is 6.54 Å². The molecule has 202 valence electrons. The van der Waals surface area contributed by atoms with Crippen LogP contribution in [0.1, 0.15) is 32.6 Å². The van der Waals surface area contributed by atoms with E-state index >= 15 is 0 Å². The molecule has 0 atom stereocenters. The van der Waals surface area contributed by atoms with Gasteiger partial charge in [-0.1, -0.05) is 36.4 Å². The molecule has 2 aromatic heterocycles. The Morgan fingerprint density at radius 3 is 2.48 bits per heavy atom. The summed E-state index contributed by atoms with van der Waals surface area (Å²) >= 11 is 0. The highest BCUT2D eigenvalue weighted by Crippen LogP contribution is 2.26. The normalized spacial score (nSPS) is 10.8. The number of aromatic amines is 1. The van der Waals surface area contributed by atoms with Crippen molar-refractivity contribution in [1.82, 2.24) is 20.0 Å². The highest BCUT2D eigenvalue weighted by molar-refractivity contribution is 5.95. The predicted molar refractivity (Wildman–Crippen MR) is 150 cm³/mol. The number of nitrogens with zero attached hydrogens (tertiary/aromatic N) is 2. The fourth-order valence-corrected chi connectivity index (χ4v) is 4.37. The van der Waals surface area contributed by atoms with Gasteiger partial charge in [-0.2, -0.15) is 0 Å². The quantitative estimate of drug-likeness (QED) is 0.277. The van der Waals surface area contributed by atoms with Crippen LogP contribution < -0.4 is 21.5 Å². The molecule has 9 heteroatoms. The third-order valence-electron chi connectivity index (χ3n) is 6.46. The summed E-state index contributed by atoms with van der Waals surface area (Å²) in [5, 5.41) is 2.98. The van der Waals surface area contributed by atoms with Crippen LogP contribution in [0, 0.1) is 6.92 Å². The Morgan fingerprint density at radius 1 is 0.950 bits per heavy atom. The van der Waals surface area contributed by atoms with Gasteiger partial charge < -0.3 is 14.6 Å². The van der Waals surface area contributed by atoms with Gasteiger partial charge in [0.1, 0.15) is 12.4 Å². The highest BCUT2D eigenvalue weighted by atomic mass is 16.5. The zero-order valence-electron chi connectivity index (χ0n) is 21.9. The lowest BCUT2D eigenvalue weighted by molar-refractivity contribution is 0.0954. The molecule has 0 bridgehead atoms. The lowest BCUT2D eigenvalue weighted by Crippen LogP contribution is -2.25. The van der Waals surface area contributed by atoms with Crippen molar-refractivity contribution in [2.75, 3.05) is 6.54 Å². The summed E-state index contributed by atoms with van der Waals surface area (Å²) in [6, 6.07) is 25.0. The van der Waals surface area contributed by atoms with Crippen molar-refractivity contribution in [3.8, 4) is 16.9 Å². The number of carbonyl (C=O) groups excluding carboxylic acids is 1. The maximum atomic E-state index is 12.7. The van der Waals surface area contributed by atoms with E-state index in [-0.39, 0.29) is 12.5 Å². The molecular formula is C31H28N4O5. The van der Waals surface area contributed by atoms with Crippen molar-refractivity contribution >= 4 is 5.91 Å². The molecule has 0 unspecified atom stereocenters. The van der Waals surface area contributed by atoms with E-state index in [0.29, 0.717) is 24.5 Å². The molecule has 2 heterocycles. The predicted octanol–water partition coefficient (Wildman–Crippen LogP) is 4.10. The Hall–Kier alpha value is -5.18. The van der Waals surface area contributed by atoms with Crippen LogP contribution in [-0.2, 0) is 19.6 Å². The lowest BCUT2D eigenvalue weighted by Gasteiger charge is -2.12. The van der Waals surface area contributed by atoms with Gasteiger partial charge in [0, 0.05) is 24.5 Å². The molecular weight excluding hydrogens is 508 g/mol. The average Bonchev–Trinajstić information content (AvgIpc) is 3.29. The van der Waals surface area contributed by atoms with Crippen molar-refractivity contribution in [3.63, 3.8) is 0 Å². The van der Waals surface area contributed by atoms with E-state index in [0.717, 1.165) is 44.5 Å². The Kier molecular flexibility index (Phi) is 8.01. The second-order valence-corrected chi connectivity index (χ2v) is 9.37. The van der Waals surface area contributed by atoms with Crippen LogP contribution in [0.25, 0.3) is 11.1 Å². The molecule has 0 fully saturated rings. The summed E-state index contributed by atoms with van der Waals surface area (Å²) in [4.78, 5) is 41.5. The zero-order valence-corrected chi connectivity index (χ0v) is 21.9. The lowest BCUT2D eigenvalue weighted by atomic mass is 9.97. The van der Waals surface area contributed by atoms with Gasteiger partial charge in [-0.25, -0.2) is 14.6 Å². The van der Waals surface area contributed by atoms with Gasteiger partial charge in [0.2, 0.25) is 0 Å². The summed E-state index contributed by atoms with van der Waals surface area (Å²) in [5.41, 5.74) is 6.05. The van der Waals surface area contributed by atoms with Crippen LogP contribution in [0.4, 0.5) is 0 Å². The minimum absolute atomic E-state index is 0.0958. The zero-order chi connectivity index (χ0) is 27.9. The number of amides is 1. The first-order valence-electron chi connectivity index (χ1n) is 12.8. The third-order valence-corrected chi connectivity index (χ3v) is 6.46. The van der Waals surface area contributed by atoms with Crippen LogP contribution in [0.15, 0.2) is 105 Å². The maximum Gasteiger partial charge on any atom is 0.440 e. The largest absolute Gasteiger partial charge is 0.489 e. The number of benzene rings is 3. The molecule has 0 aliphatic heterocycles. The molecule has 0 aliphatic rings. The number of aromatic nitrogens is 3. The van der Waals surface area contributed by atoms with Gasteiger partial charge >= 0.3 is 11.4 Å². The fourth-order valence-electron chi connectivity index (χ4n) is 4.37. The third kappa shape index (κ3) is 6.63. The number of carbonyl (C=O) groups is 1. The molecule has 0 saturated heterocycles. The molecule has 5 rings (SSSR count). The number of pyridine rings is 1. The Labute approximate surface area is 230 Å². The van der Waals surface area contributed by atoms with Crippen molar-refractivity contribution < 1.29 is 14.1 Å². The number of nitrogens with one attached hydrogen (secondary N) is 2. The SMILES string of the molecule is Cc1cc(C(=O)NCCc2ccncc2)ccc1-c1cccc(COc2ccc(Cn3oc(=O)[nH]c3=O)cc2)c1. The van der Waals surface area contributed by atoms with Crippen LogP contribution >= 0.6 is 0 Å². The van der Waals surface area contributed by atoms with E-state index in [9.17, 15) is 14.4 Å². The highest BCUT2D eigenvalue weighted by Gasteiger charge is 2.10. The minimum Gasteiger partial charge on any atom is -0.489 e. The Morgan fingerprint density at radius 2 is 1.75 bits per heavy atom. The molecule has 3 aromatic carbocycles. The summed E-state index contributed by atoms with van der Waals surface area (Å²) < 4.78 is 11.7. The minimum atomic E-state index is -0.781. The molecule has 0 saturated carbocycles. The molecule has 5 aromatic rings. The fraction of sp³-hybridized carbons (Fsp3) is 0.161. The smallest absolute Gasteiger partial charge is 0.440 e. The van der Waals surface area contributed by atoms with Gasteiger partial charge in [-0.15, -0.1) is 4.74 Å². The van der Waals surface area contributed by atoms with Crippen molar-refractivity contribution in [2.24, 2.45) is 0 Å². The van der Waals surface area contributed by atoms with Crippen molar-refractivity contribution in [2.45, 2.75) is 26.5 Å². The van der Waals surface area contributed by atoms with E-state index in [2.05, 4.69) is 21.4 Å². The van der Waals surface area contributed by atoms with E-state index in [1.54, 1.807) is 24.5 Å². The molecule has 9 nitrogen and oxygen atoms in total. The second-order valence-electron chi connectivity index (χ2n) is 9.37. The summed E-state index contributed by atoms with van der Waals surface area (Å²) in [6.07, 6.45) is 4.25. The molecule has 0 radical (unpaired) electrons. The first-order chi connectivity index (χ1) is 19.4. The summed E-state index contributed by atoms with van der Waals surface area (Å²) in [7, 11) is 0. The molecule has 1 amide bonds. The van der Waals surface area contributed by atoms with E-state index in [1.165, 1.54) is 0 Å². The van der Waals surface area contributed by atoms with Crippen LogP contribution in [0.2, 0.25) is 0 Å². The molecule has 0 aliphatic carbocycles. The van der Waals surface area contributed by atoms with Crippen LogP contribution in [0.5, 0.6) is 5.75 Å². The first-order valence-corrected chi connectivity index (χ1v) is 12.8. The molecule has 0 spiro atoms. The summed E-state index contributed by atoms with van der Waals surface area (Å²) in [6.45, 7) is 3.07. The van der Waals surface area contributed by atoms with E-state index < -0.39 is 11.4 Å². The summed E-state index contributed by atoms with van der Waals surface area (Å²) in [5.74, 6) is -0.203. The Balaban J connectivity index is 1.18. The number of H-pyrrole nitrogens is 1. The average molecular weight is 537 g/mol. The maximum absolute atomic E-state index is 12.7. The van der Waals surface area contributed by atoms with E-state index in [1.807, 2.05) is 67.6 Å². The monoisotopic (exact) mass is 536 g/mol. The van der Waals surface area contributed by atoms with Crippen molar-refractivity contribution in [3.05, 3.63) is 140 Å². The molecule has 40 heavy (non-hydrogen) atoms. The topological polar surface area (TPSA) is 119 Å². The number of hydrogen-bond acceptors (Lipinski definition) is 6. The number of rotatable bonds is 10. The standard InChI is InChI=1S/C31H28N4O5/c1-21-17-26(29(36)33-16-13-22-11-14-32-15-12-22)7-10-28(21)25-4-2-3-24(18-25)20-39-27-8-5-23(6-9-27)19-35-30(37)34-31(38)40-35/h2-12,14-15,17-18H,13,16,19-20H2,1H3,(H,33,36)(H,34,37,38). The first kappa shape index (κ1) is 26.4. The van der Waals surface area contributed by atoms with Gasteiger partial charge in [0.15, 0.2) is 0 Å². The van der Waals surface area contributed by atoms with Crippen LogP contribution in [-0.4, -0.2) is 27.2 Å².